The molecule has 0 radical (unpaired) electrons. The van der Waals surface area contributed by atoms with Crippen LogP contribution in [-0.4, -0.2) is 5.78 Å². The fourth-order valence-corrected chi connectivity index (χ4v) is 1.86. The van der Waals surface area contributed by atoms with E-state index >= 15 is 0 Å². The summed E-state index contributed by atoms with van der Waals surface area (Å²) in [6.07, 6.45) is 0. The van der Waals surface area contributed by atoms with E-state index in [9.17, 15) is 4.79 Å². The second-order valence-electron chi connectivity index (χ2n) is 3.00. The highest BCUT2D eigenvalue weighted by Crippen LogP contribution is 2.33. The van der Waals surface area contributed by atoms with Crippen molar-refractivity contribution < 1.29 is 4.79 Å². The zero-order valence-electron chi connectivity index (χ0n) is 7.52. The summed E-state index contributed by atoms with van der Waals surface area (Å²) in [4.78, 5) is 11.8. The molecule has 1 atom stereocenters. The average molecular weight is 330 g/mol. The SMILES string of the molecule is O=C1C(Br)=C(Br)N=NC1c1ccccc1. The maximum absolute atomic E-state index is 11.8. The minimum absolute atomic E-state index is 0.0805. The molecule has 2 rings (SSSR count). The van der Waals surface area contributed by atoms with Crippen LogP contribution in [0, 0.1) is 0 Å². The molecule has 76 valence electrons. The number of Topliss-reactive ketones (excluding diaryl/α,β-unsaturated/α-hetero) is 1. The van der Waals surface area contributed by atoms with Gasteiger partial charge in [0.05, 0.1) is 4.48 Å². The lowest BCUT2D eigenvalue weighted by Crippen LogP contribution is -2.13. The summed E-state index contributed by atoms with van der Waals surface area (Å²) in [6, 6.07) is 8.84. The first-order valence-electron chi connectivity index (χ1n) is 4.25. The van der Waals surface area contributed by atoms with Gasteiger partial charge in [0.25, 0.3) is 0 Å². The van der Waals surface area contributed by atoms with Crippen LogP contribution in [0.25, 0.3) is 0 Å². The van der Waals surface area contributed by atoms with Crippen LogP contribution in [0.2, 0.25) is 0 Å². The van der Waals surface area contributed by atoms with E-state index in [-0.39, 0.29) is 5.78 Å². The summed E-state index contributed by atoms with van der Waals surface area (Å²) in [5.74, 6) is -0.0805. The largest absolute Gasteiger partial charge is 0.291 e. The highest BCUT2D eigenvalue weighted by Gasteiger charge is 2.27. The van der Waals surface area contributed by atoms with E-state index in [0.717, 1.165) is 5.56 Å². The van der Waals surface area contributed by atoms with E-state index in [1.165, 1.54) is 0 Å². The van der Waals surface area contributed by atoms with Crippen LogP contribution < -0.4 is 0 Å². The second kappa shape index (κ2) is 4.37. The van der Waals surface area contributed by atoms with Crippen LogP contribution in [0.5, 0.6) is 0 Å². The van der Waals surface area contributed by atoms with Gasteiger partial charge in [0.2, 0.25) is 5.78 Å². The highest BCUT2D eigenvalue weighted by atomic mass is 79.9. The van der Waals surface area contributed by atoms with Crippen molar-refractivity contribution in [3.05, 3.63) is 45.0 Å². The Labute approximate surface area is 104 Å². The van der Waals surface area contributed by atoms with Crippen LogP contribution >= 0.6 is 31.9 Å². The smallest absolute Gasteiger partial charge is 0.203 e. The number of carbonyl (C=O) groups excluding carboxylic acids is 1. The lowest BCUT2D eigenvalue weighted by molar-refractivity contribution is -0.116. The highest BCUT2D eigenvalue weighted by molar-refractivity contribution is 9.14. The Morgan fingerprint density at radius 1 is 1.13 bits per heavy atom. The van der Waals surface area contributed by atoms with Crippen LogP contribution in [0.3, 0.4) is 0 Å². The Kier molecular flexibility index (Phi) is 3.11. The molecule has 0 fully saturated rings. The minimum atomic E-state index is -0.526. The standard InChI is InChI=1S/C10H6Br2N2O/c11-7-9(15)8(13-14-10(7)12)6-4-2-1-3-5-6/h1-5,8H. The topological polar surface area (TPSA) is 41.8 Å². The zero-order chi connectivity index (χ0) is 10.8. The lowest BCUT2D eigenvalue weighted by Gasteiger charge is -2.13. The predicted molar refractivity (Wildman–Crippen MR) is 63.9 cm³/mol. The Balaban J connectivity index is 2.37. The van der Waals surface area contributed by atoms with Gasteiger partial charge >= 0.3 is 0 Å². The normalized spacial score (nSPS) is 20.9. The Bertz CT molecular complexity index is 454. The van der Waals surface area contributed by atoms with Gasteiger partial charge in [-0.1, -0.05) is 30.3 Å². The van der Waals surface area contributed by atoms with Gasteiger partial charge in [-0.05, 0) is 37.4 Å². The molecular weight excluding hydrogens is 324 g/mol. The number of hydrogen-bond donors (Lipinski definition) is 0. The van der Waals surface area contributed by atoms with Gasteiger partial charge < -0.3 is 0 Å². The molecule has 1 unspecified atom stereocenters. The number of ketones is 1. The van der Waals surface area contributed by atoms with Gasteiger partial charge in [-0.25, -0.2) is 0 Å². The first-order valence-corrected chi connectivity index (χ1v) is 5.84. The summed E-state index contributed by atoms with van der Waals surface area (Å²) >= 11 is 6.33. The predicted octanol–water partition coefficient (Wildman–Crippen LogP) is 3.72. The molecule has 0 aliphatic carbocycles. The quantitative estimate of drug-likeness (QED) is 0.724. The Morgan fingerprint density at radius 3 is 2.47 bits per heavy atom. The molecule has 1 aliphatic rings. The van der Waals surface area contributed by atoms with Gasteiger partial charge in [-0.3, -0.25) is 4.79 Å². The number of halogens is 2. The molecule has 0 saturated heterocycles. The van der Waals surface area contributed by atoms with Gasteiger partial charge in [0.1, 0.15) is 4.61 Å². The summed E-state index contributed by atoms with van der Waals surface area (Å²) in [5.41, 5.74) is 0.850. The van der Waals surface area contributed by atoms with Crippen molar-refractivity contribution in [3.8, 4) is 0 Å². The van der Waals surface area contributed by atoms with Crippen LogP contribution in [0.15, 0.2) is 49.6 Å². The Hall–Kier alpha value is -0.810. The van der Waals surface area contributed by atoms with Crippen molar-refractivity contribution in [1.29, 1.82) is 0 Å². The van der Waals surface area contributed by atoms with Gasteiger partial charge in [-0.15, -0.1) is 5.11 Å². The van der Waals surface area contributed by atoms with E-state index in [1.54, 1.807) is 0 Å². The van der Waals surface area contributed by atoms with E-state index in [0.29, 0.717) is 9.09 Å². The monoisotopic (exact) mass is 328 g/mol. The molecular formula is C10H6Br2N2O. The number of carbonyl (C=O) groups is 1. The van der Waals surface area contributed by atoms with Crippen molar-refractivity contribution in [1.82, 2.24) is 0 Å². The molecule has 0 aromatic heterocycles. The molecule has 1 aromatic rings. The van der Waals surface area contributed by atoms with Crippen molar-refractivity contribution in [3.63, 3.8) is 0 Å². The Morgan fingerprint density at radius 2 is 1.80 bits per heavy atom. The van der Waals surface area contributed by atoms with E-state index < -0.39 is 6.04 Å². The number of benzene rings is 1. The molecule has 0 amide bonds. The van der Waals surface area contributed by atoms with Crippen molar-refractivity contribution in [2.75, 3.05) is 0 Å². The van der Waals surface area contributed by atoms with Crippen molar-refractivity contribution in [2.45, 2.75) is 6.04 Å². The fourth-order valence-electron chi connectivity index (χ4n) is 1.28. The number of azo groups is 1. The lowest BCUT2D eigenvalue weighted by atomic mass is 10.0. The third-order valence-electron chi connectivity index (χ3n) is 2.02. The molecule has 1 aliphatic heterocycles. The third kappa shape index (κ3) is 2.08. The van der Waals surface area contributed by atoms with Crippen molar-refractivity contribution >= 4 is 37.6 Å². The summed E-state index contributed by atoms with van der Waals surface area (Å²) in [7, 11) is 0. The molecule has 0 spiro atoms. The maximum Gasteiger partial charge on any atom is 0.203 e. The molecule has 3 nitrogen and oxygen atoms in total. The van der Waals surface area contributed by atoms with Crippen LogP contribution in [0.4, 0.5) is 0 Å². The van der Waals surface area contributed by atoms with Gasteiger partial charge in [0.15, 0.2) is 6.04 Å². The summed E-state index contributed by atoms with van der Waals surface area (Å²) in [5, 5.41) is 7.83. The first kappa shape index (κ1) is 10.7. The van der Waals surface area contributed by atoms with Crippen LogP contribution in [-0.2, 0) is 4.79 Å². The fraction of sp³-hybridized carbons (Fsp3) is 0.100. The molecule has 0 bridgehead atoms. The van der Waals surface area contributed by atoms with E-state index in [1.807, 2.05) is 30.3 Å². The minimum Gasteiger partial charge on any atom is -0.291 e. The van der Waals surface area contributed by atoms with Gasteiger partial charge in [0, 0.05) is 0 Å². The summed E-state index contributed by atoms with van der Waals surface area (Å²) in [6.45, 7) is 0. The van der Waals surface area contributed by atoms with Crippen molar-refractivity contribution in [2.24, 2.45) is 10.2 Å². The molecule has 5 heteroatoms. The number of hydrogen-bond acceptors (Lipinski definition) is 3. The van der Waals surface area contributed by atoms with Crippen LogP contribution in [0.1, 0.15) is 11.6 Å². The number of nitrogens with zero attached hydrogens (tertiary/aromatic N) is 2. The average Bonchev–Trinajstić information content (AvgIpc) is 2.27. The maximum atomic E-state index is 11.8. The third-order valence-corrected chi connectivity index (χ3v) is 3.88. The molecule has 15 heavy (non-hydrogen) atoms. The zero-order valence-corrected chi connectivity index (χ0v) is 10.7. The van der Waals surface area contributed by atoms with E-state index in [4.69, 9.17) is 0 Å². The second-order valence-corrected chi connectivity index (χ2v) is 4.54. The molecule has 0 saturated carbocycles. The number of rotatable bonds is 1. The first-order chi connectivity index (χ1) is 7.20. The van der Waals surface area contributed by atoms with E-state index in [2.05, 4.69) is 42.1 Å². The summed E-state index contributed by atoms with van der Waals surface area (Å²) < 4.78 is 0.881. The molecule has 0 N–H and O–H groups in total. The molecule has 1 heterocycles. The van der Waals surface area contributed by atoms with Gasteiger partial charge in [-0.2, -0.15) is 5.11 Å². The molecule has 1 aromatic carbocycles.